The summed E-state index contributed by atoms with van der Waals surface area (Å²) in [6.45, 7) is 4.47. The number of rotatable bonds is 4. The minimum atomic E-state index is -3.53. The van der Waals surface area contributed by atoms with Crippen LogP contribution in [-0.2, 0) is 29.3 Å². The molecule has 2 heterocycles. The summed E-state index contributed by atoms with van der Waals surface area (Å²) < 4.78 is 33.9. The van der Waals surface area contributed by atoms with Crippen molar-refractivity contribution in [3.8, 4) is 0 Å². The zero-order valence-electron chi connectivity index (χ0n) is 15.5. The average Bonchev–Trinajstić information content (AvgIpc) is 3.27. The molecule has 1 aromatic carbocycles. The van der Waals surface area contributed by atoms with Crippen LogP contribution in [0.25, 0.3) is 0 Å². The fourth-order valence-electron chi connectivity index (χ4n) is 4.43. The molecule has 0 amide bonds. The van der Waals surface area contributed by atoms with E-state index in [9.17, 15) is 8.42 Å². The molecule has 1 fully saturated rings. The van der Waals surface area contributed by atoms with E-state index in [1.165, 1.54) is 17.5 Å². The summed E-state index contributed by atoms with van der Waals surface area (Å²) in [5, 5.41) is 4.08. The Hall–Kier alpha value is -1.66. The number of fused-ring (bicyclic) bond motifs is 1. The van der Waals surface area contributed by atoms with Crippen LogP contribution in [0.4, 0.5) is 0 Å². The first-order valence-corrected chi connectivity index (χ1v) is 11.0. The van der Waals surface area contributed by atoms with Gasteiger partial charge in [0.2, 0.25) is 10.0 Å². The molecular formula is C20H26N2O3S. The van der Waals surface area contributed by atoms with Crippen molar-refractivity contribution in [1.82, 2.24) is 9.46 Å². The number of nitrogens with zero attached hydrogens (tertiary/aromatic N) is 2. The first-order chi connectivity index (χ1) is 12.5. The molecule has 1 aromatic heterocycles. The lowest BCUT2D eigenvalue weighted by Crippen LogP contribution is -2.31. The Morgan fingerprint density at radius 2 is 1.96 bits per heavy atom. The van der Waals surface area contributed by atoms with Gasteiger partial charge in [-0.25, -0.2) is 8.42 Å². The Balaban J connectivity index is 1.72. The van der Waals surface area contributed by atoms with E-state index in [1.807, 2.05) is 26.0 Å². The molecule has 1 atom stereocenters. The van der Waals surface area contributed by atoms with E-state index in [2.05, 4.69) is 5.16 Å². The second kappa shape index (κ2) is 6.82. The van der Waals surface area contributed by atoms with Crippen LogP contribution in [0, 0.1) is 6.92 Å². The highest BCUT2D eigenvalue weighted by Gasteiger charge is 2.39. The fraction of sp³-hybridized carbons (Fsp3) is 0.550. The van der Waals surface area contributed by atoms with Gasteiger partial charge in [-0.3, -0.25) is 0 Å². The van der Waals surface area contributed by atoms with Gasteiger partial charge in [0.1, 0.15) is 5.76 Å². The van der Waals surface area contributed by atoms with Crippen LogP contribution >= 0.6 is 0 Å². The molecule has 5 nitrogen and oxygen atoms in total. The van der Waals surface area contributed by atoms with E-state index in [-0.39, 0.29) is 6.04 Å². The van der Waals surface area contributed by atoms with Crippen LogP contribution in [-0.4, -0.2) is 24.4 Å². The van der Waals surface area contributed by atoms with E-state index >= 15 is 0 Å². The lowest BCUT2D eigenvalue weighted by molar-refractivity contribution is 0.368. The fourth-order valence-corrected chi connectivity index (χ4v) is 6.14. The Morgan fingerprint density at radius 3 is 2.73 bits per heavy atom. The Bertz CT molecular complexity index is 917. The van der Waals surface area contributed by atoms with Gasteiger partial charge in [-0.15, -0.1) is 0 Å². The van der Waals surface area contributed by atoms with E-state index < -0.39 is 10.0 Å². The van der Waals surface area contributed by atoms with Gasteiger partial charge >= 0.3 is 0 Å². The van der Waals surface area contributed by atoms with Gasteiger partial charge in [0.05, 0.1) is 16.6 Å². The molecule has 0 saturated carbocycles. The van der Waals surface area contributed by atoms with Crippen molar-refractivity contribution in [3.05, 3.63) is 46.3 Å². The maximum absolute atomic E-state index is 13.4. The summed E-state index contributed by atoms with van der Waals surface area (Å²) in [6.07, 6.45) is 6.78. The molecule has 0 unspecified atom stereocenters. The minimum Gasteiger partial charge on any atom is -0.361 e. The molecule has 1 aliphatic heterocycles. The maximum Gasteiger partial charge on any atom is 0.243 e. The van der Waals surface area contributed by atoms with Crippen molar-refractivity contribution in [2.45, 2.75) is 69.7 Å². The van der Waals surface area contributed by atoms with E-state index in [1.54, 1.807) is 10.4 Å². The van der Waals surface area contributed by atoms with Gasteiger partial charge in [-0.05, 0) is 68.7 Å². The Kier molecular flexibility index (Phi) is 4.65. The van der Waals surface area contributed by atoms with Crippen LogP contribution in [0.5, 0.6) is 0 Å². The topological polar surface area (TPSA) is 63.4 Å². The normalized spacial score (nSPS) is 21.1. The smallest absolute Gasteiger partial charge is 0.243 e. The Labute approximate surface area is 155 Å². The number of aromatic nitrogens is 1. The molecule has 1 saturated heterocycles. The zero-order valence-corrected chi connectivity index (χ0v) is 16.3. The lowest BCUT2D eigenvalue weighted by Gasteiger charge is -2.25. The molecule has 26 heavy (non-hydrogen) atoms. The predicted molar refractivity (Wildman–Crippen MR) is 99.6 cm³/mol. The quantitative estimate of drug-likeness (QED) is 0.813. The van der Waals surface area contributed by atoms with Gasteiger partial charge in [-0.1, -0.05) is 18.1 Å². The third-order valence-corrected chi connectivity index (χ3v) is 7.67. The van der Waals surface area contributed by atoms with Crippen molar-refractivity contribution in [1.29, 1.82) is 0 Å². The van der Waals surface area contributed by atoms with Gasteiger partial charge in [-0.2, -0.15) is 4.31 Å². The maximum atomic E-state index is 13.4. The zero-order chi connectivity index (χ0) is 18.3. The standard InChI is InChI=1S/C20H26N2O3S/c1-3-19-20(14(2)21-25-19)18-9-6-12-22(18)26(23,24)17-11-10-15-7-4-5-8-16(15)13-17/h10-11,13,18H,3-9,12H2,1-2H3/t18-/m0/s1. The second-order valence-electron chi connectivity index (χ2n) is 7.37. The molecule has 2 aromatic rings. The Morgan fingerprint density at radius 1 is 1.19 bits per heavy atom. The van der Waals surface area contributed by atoms with Gasteiger partial charge in [0, 0.05) is 18.5 Å². The lowest BCUT2D eigenvalue weighted by atomic mass is 9.92. The molecule has 0 radical (unpaired) electrons. The molecule has 2 aliphatic rings. The summed E-state index contributed by atoms with van der Waals surface area (Å²) in [5.41, 5.74) is 4.27. The first-order valence-electron chi connectivity index (χ1n) is 9.61. The van der Waals surface area contributed by atoms with Gasteiger partial charge < -0.3 is 4.52 Å². The van der Waals surface area contributed by atoms with Crippen molar-refractivity contribution in [3.63, 3.8) is 0 Å². The molecule has 1 aliphatic carbocycles. The van der Waals surface area contributed by atoms with Crippen molar-refractivity contribution < 1.29 is 12.9 Å². The van der Waals surface area contributed by atoms with Crippen LogP contribution in [0.1, 0.15) is 66.8 Å². The van der Waals surface area contributed by atoms with E-state index in [0.29, 0.717) is 11.4 Å². The first kappa shape index (κ1) is 17.7. The van der Waals surface area contributed by atoms with Crippen LogP contribution in [0.3, 0.4) is 0 Å². The summed E-state index contributed by atoms with van der Waals surface area (Å²) in [7, 11) is -3.53. The molecule has 0 N–H and O–H groups in total. The van der Waals surface area contributed by atoms with Crippen molar-refractivity contribution in [2.24, 2.45) is 0 Å². The number of aryl methyl sites for hydroxylation is 4. The minimum absolute atomic E-state index is 0.169. The third-order valence-electron chi connectivity index (χ3n) is 5.77. The predicted octanol–water partition coefficient (Wildman–Crippen LogP) is 3.95. The third kappa shape index (κ3) is 2.89. The molecule has 0 bridgehead atoms. The molecular weight excluding hydrogens is 348 g/mol. The molecule has 6 heteroatoms. The largest absolute Gasteiger partial charge is 0.361 e. The van der Waals surface area contributed by atoms with Crippen LogP contribution in [0.15, 0.2) is 27.6 Å². The number of hydrogen-bond donors (Lipinski definition) is 0. The van der Waals surface area contributed by atoms with Crippen LogP contribution in [0.2, 0.25) is 0 Å². The second-order valence-corrected chi connectivity index (χ2v) is 9.26. The molecule has 0 spiro atoms. The van der Waals surface area contributed by atoms with Crippen molar-refractivity contribution in [2.75, 3.05) is 6.54 Å². The van der Waals surface area contributed by atoms with E-state index in [0.717, 1.165) is 55.5 Å². The highest BCUT2D eigenvalue weighted by Crippen LogP contribution is 2.40. The highest BCUT2D eigenvalue weighted by molar-refractivity contribution is 7.89. The van der Waals surface area contributed by atoms with Gasteiger partial charge in [0.25, 0.3) is 0 Å². The summed E-state index contributed by atoms with van der Waals surface area (Å²) in [4.78, 5) is 0.428. The monoisotopic (exact) mass is 374 g/mol. The van der Waals surface area contributed by atoms with Crippen LogP contribution < -0.4 is 0 Å². The SMILES string of the molecule is CCc1onc(C)c1[C@@H]1CCCN1S(=O)(=O)c1ccc2c(c1)CCCC2. The average molecular weight is 375 g/mol. The summed E-state index contributed by atoms with van der Waals surface area (Å²) in [6, 6.07) is 5.53. The number of hydrogen-bond acceptors (Lipinski definition) is 4. The van der Waals surface area contributed by atoms with Crippen molar-refractivity contribution >= 4 is 10.0 Å². The summed E-state index contributed by atoms with van der Waals surface area (Å²) >= 11 is 0. The highest BCUT2D eigenvalue weighted by atomic mass is 32.2. The van der Waals surface area contributed by atoms with Gasteiger partial charge in [0.15, 0.2) is 0 Å². The molecule has 140 valence electrons. The summed E-state index contributed by atoms with van der Waals surface area (Å²) in [5.74, 6) is 0.806. The number of sulfonamides is 1. The number of benzene rings is 1. The molecule has 4 rings (SSSR count). The van der Waals surface area contributed by atoms with E-state index in [4.69, 9.17) is 4.52 Å².